The Hall–Kier alpha value is -1.62. The van der Waals surface area contributed by atoms with Crippen LogP contribution in [-0.4, -0.2) is 22.5 Å². The molecule has 1 aromatic rings. The Labute approximate surface area is 104 Å². The Balaban J connectivity index is 2.61. The number of carboxylic acids is 1. The minimum atomic E-state index is -1.26. The number of aliphatic carboxylic acids is 1. The van der Waals surface area contributed by atoms with E-state index in [0.717, 1.165) is 9.75 Å². The highest BCUT2D eigenvalue weighted by molar-refractivity contribution is 7.12. The summed E-state index contributed by atoms with van der Waals surface area (Å²) in [6, 6.07) is 3.87. The van der Waals surface area contributed by atoms with E-state index in [2.05, 4.69) is 5.32 Å². The van der Waals surface area contributed by atoms with Gasteiger partial charge in [0.1, 0.15) is 5.54 Å². The molecule has 0 bridgehead atoms. The fourth-order valence-electron chi connectivity index (χ4n) is 1.10. The van der Waals surface area contributed by atoms with Crippen molar-refractivity contribution >= 4 is 29.3 Å². The largest absolute Gasteiger partial charge is 0.480 e. The van der Waals surface area contributed by atoms with E-state index < -0.39 is 17.4 Å². The maximum atomic E-state index is 11.5. The van der Waals surface area contributed by atoms with E-state index in [-0.39, 0.29) is 0 Å². The maximum absolute atomic E-state index is 11.5. The molecule has 0 saturated carbocycles. The molecule has 0 unspecified atom stereocenters. The summed E-state index contributed by atoms with van der Waals surface area (Å²) in [6.45, 7) is 4.86. The van der Waals surface area contributed by atoms with Gasteiger partial charge in [-0.1, -0.05) is 0 Å². The molecule has 0 atom stereocenters. The molecule has 0 aromatic carbocycles. The Kier molecular flexibility index (Phi) is 4.07. The number of carboxylic acid groups (broad SMARTS) is 1. The smallest absolute Gasteiger partial charge is 0.328 e. The van der Waals surface area contributed by atoms with Crippen LogP contribution in [0.5, 0.6) is 0 Å². The van der Waals surface area contributed by atoms with Gasteiger partial charge in [0.25, 0.3) is 0 Å². The van der Waals surface area contributed by atoms with Crippen molar-refractivity contribution in [2.24, 2.45) is 0 Å². The third-order valence-electron chi connectivity index (χ3n) is 2.13. The second-order valence-electron chi connectivity index (χ2n) is 4.20. The van der Waals surface area contributed by atoms with Crippen LogP contribution in [0.2, 0.25) is 0 Å². The summed E-state index contributed by atoms with van der Waals surface area (Å²) in [7, 11) is 0. The first kappa shape index (κ1) is 13.4. The molecule has 92 valence electrons. The first-order valence-corrected chi connectivity index (χ1v) is 5.93. The normalized spacial score (nSPS) is 11.7. The number of carbonyl (C=O) groups excluding carboxylic acids is 1. The SMILES string of the molecule is Cc1ccc(/C=C/C(=O)NC(C)(C)C(=O)O)s1. The summed E-state index contributed by atoms with van der Waals surface area (Å²) in [5.41, 5.74) is -1.26. The van der Waals surface area contributed by atoms with Crippen molar-refractivity contribution in [3.05, 3.63) is 28.0 Å². The predicted molar refractivity (Wildman–Crippen MR) is 67.9 cm³/mol. The predicted octanol–water partition coefficient (Wildman–Crippen LogP) is 2.05. The van der Waals surface area contributed by atoms with E-state index in [0.29, 0.717) is 0 Å². The van der Waals surface area contributed by atoms with E-state index >= 15 is 0 Å². The molecule has 1 aromatic heterocycles. The molecule has 2 N–H and O–H groups in total. The first-order valence-electron chi connectivity index (χ1n) is 5.11. The molecule has 1 heterocycles. The van der Waals surface area contributed by atoms with Crippen LogP contribution in [0.1, 0.15) is 23.6 Å². The fourth-order valence-corrected chi connectivity index (χ4v) is 1.88. The second-order valence-corrected chi connectivity index (χ2v) is 5.52. The zero-order valence-electron chi connectivity index (χ0n) is 9.98. The standard InChI is InChI=1S/C12H15NO3S/c1-8-4-5-9(17-8)6-7-10(14)13-12(2,3)11(15)16/h4-7H,1-3H3,(H,13,14)(H,15,16)/b7-6+. The quantitative estimate of drug-likeness (QED) is 0.807. The highest BCUT2D eigenvalue weighted by Gasteiger charge is 2.27. The van der Waals surface area contributed by atoms with Crippen LogP contribution in [0, 0.1) is 6.92 Å². The van der Waals surface area contributed by atoms with E-state index in [9.17, 15) is 9.59 Å². The van der Waals surface area contributed by atoms with Crippen LogP contribution in [-0.2, 0) is 9.59 Å². The number of thiophene rings is 1. The van der Waals surface area contributed by atoms with Crippen molar-refractivity contribution in [3.8, 4) is 0 Å². The van der Waals surface area contributed by atoms with E-state index in [1.165, 1.54) is 19.9 Å². The maximum Gasteiger partial charge on any atom is 0.328 e. The summed E-state index contributed by atoms with van der Waals surface area (Å²) >= 11 is 1.57. The number of amides is 1. The lowest BCUT2D eigenvalue weighted by atomic mass is 10.1. The molecule has 0 saturated heterocycles. The summed E-state index contributed by atoms with van der Waals surface area (Å²) in [5, 5.41) is 11.3. The van der Waals surface area contributed by atoms with Gasteiger partial charge in [0.2, 0.25) is 5.91 Å². The highest BCUT2D eigenvalue weighted by Crippen LogP contribution is 2.16. The van der Waals surface area contributed by atoms with Crippen LogP contribution in [0.15, 0.2) is 18.2 Å². The second kappa shape index (κ2) is 5.14. The monoisotopic (exact) mass is 253 g/mol. The molecule has 1 rings (SSSR count). The lowest BCUT2D eigenvalue weighted by Gasteiger charge is -2.19. The van der Waals surface area contributed by atoms with Gasteiger partial charge >= 0.3 is 5.97 Å². The Morgan fingerprint density at radius 1 is 1.41 bits per heavy atom. The molecule has 0 aliphatic rings. The van der Waals surface area contributed by atoms with Gasteiger partial charge < -0.3 is 10.4 Å². The summed E-state index contributed by atoms with van der Waals surface area (Å²) in [5.74, 6) is -1.48. The zero-order valence-corrected chi connectivity index (χ0v) is 10.8. The van der Waals surface area contributed by atoms with Gasteiger partial charge in [-0.05, 0) is 39.0 Å². The Bertz CT molecular complexity index is 460. The van der Waals surface area contributed by atoms with Crippen molar-refractivity contribution in [1.82, 2.24) is 5.32 Å². The van der Waals surface area contributed by atoms with Crippen LogP contribution in [0.25, 0.3) is 6.08 Å². The molecule has 17 heavy (non-hydrogen) atoms. The average molecular weight is 253 g/mol. The third kappa shape index (κ3) is 4.03. The number of carbonyl (C=O) groups is 2. The summed E-state index contributed by atoms with van der Waals surface area (Å²) < 4.78 is 0. The van der Waals surface area contributed by atoms with Gasteiger partial charge in [0.15, 0.2) is 0 Å². The Morgan fingerprint density at radius 2 is 2.06 bits per heavy atom. The number of nitrogens with one attached hydrogen (secondary N) is 1. The van der Waals surface area contributed by atoms with Gasteiger partial charge in [-0.25, -0.2) is 4.79 Å². The first-order chi connectivity index (χ1) is 7.81. The van der Waals surface area contributed by atoms with Gasteiger partial charge in [-0.3, -0.25) is 4.79 Å². The molecule has 0 fully saturated rings. The molecule has 0 radical (unpaired) electrons. The number of rotatable bonds is 4. The van der Waals surface area contributed by atoms with E-state index in [1.54, 1.807) is 17.4 Å². The minimum Gasteiger partial charge on any atom is -0.480 e. The Morgan fingerprint density at radius 3 is 2.53 bits per heavy atom. The van der Waals surface area contributed by atoms with E-state index in [4.69, 9.17) is 5.11 Å². The lowest BCUT2D eigenvalue weighted by Crippen LogP contribution is -2.49. The third-order valence-corrected chi connectivity index (χ3v) is 3.10. The van der Waals surface area contributed by atoms with Crippen LogP contribution < -0.4 is 5.32 Å². The van der Waals surface area contributed by atoms with Crippen molar-refractivity contribution in [2.75, 3.05) is 0 Å². The van der Waals surface area contributed by atoms with Crippen LogP contribution in [0.4, 0.5) is 0 Å². The van der Waals surface area contributed by atoms with Crippen molar-refractivity contribution in [2.45, 2.75) is 26.3 Å². The van der Waals surface area contributed by atoms with Gasteiger partial charge in [-0.2, -0.15) is 0 Å². The number of hydrogen-bond donors (Lipinski definition) is 2. The molecule has 0 aliphatic carbocycles. The van der Waals surface area contributed by atoms with Crippen molar-refractivity contribution in [1.29, 1.82) is 0 Å². The van der Waals surface area contributed by atoms with Crippen LogP contribution in [0.3, 0.4) is 0 Å². The average Bonchev–Trinajstić information content (AvgIpc) is 2.60. The molecule has 5 heteroatoms. The van der Waals surface area contributed by atoms with Gasteiger partial charge in [0, 0.05) is 15.8 Å². The minimum absolute atomic E-state index is 0.413. The topological polar surface area (TPSA) is 66.4 Å². The van der Waals surface area contributed by atoms with Gasteiger partial charge in [-0.15, -0.1) is 11.3 Å². The lowest BCUT2D eigenvalue weighted by molar-refractivity contribution is -0.145. The zero-order chi connectivity index (χ0) is 13.1. The summed E-state index contributed by atoms with van der Waals surface area (Å²) in [6.07, 6.45) is 3.01. The fraction of sp³-hybridized carbons (Fsp3) is 0.333. The molecule has 0 spiro atoms. The number of aryl methyl sites for hydroxylation is 1. The van der Waals surface area contributed by atoms with Gasteiger partial charge in [0.05, 0.1) is 0 Å². The molecule has 1 amide bonds. The summed E-state index contributed by atoms with van der Waals surface area (Å²) in [4.78, 5) is 24.4. The molecule has 4 nitrogen and oxygen atoms in total. The molecule has 0 aliphatic heterocycles. The van der Waals surface area contributed by atoms with Crippen molar-refractivity contribution in [3.63, 3.8) is 0 Å². The van der Waals surface area contributed by atoms with Crippen molar-refractivity contribution < 1.29 is 14.7 Å². The van der Waals surface area contributed by atoms with Crippen LogP contribution >= 0.6 is 11.3 Å². The highest BCUT2D eigenvalue weighted by atomic mass is 32.1. The molecular formula is C12H15NO3S. The molecular weight excluding hydrogens is 238 g/mol. The van der Waals surface area contributed by atoms with E-state index in [1.807, 2.05) is 19.1 Å². The number of hydrogen-bond acceptors (Lipinski definition) is 3.